The molecular weight excluding hydrogens is 356 g/mol. The summed E-state index contributed by atoms with van der Waals surface area (Å²) in [6.07, 6.45) is -1.70. The minimum atomic E-state index is -2.46. The number of hydrogen-bond donors (Lipinski definition) is 1. The van der Waals surface area contributed by atoms with Crippen molar-refractivity contribution in [3.05, 3.63) is 11.3 Å². The van der Waals surface area contributed by atoms with Gasteiger partial charge in [0.2, 0.25) is 11.4 Å². The smallest absolute Gasteiger partial charge is 0.344 e. The number of carbonyl (C=O) groups is 3. The van der Waals surface area contributed by atoms with Gasteiger partial charge in [0.25, 0.3) is 5.88 Å². The van der Waals surface area contributed by atoms with Crippen LogP contribution in [0.25, 0.3) is 0 Å². The number of hydrogen-bond acceptors (Lipinski definition) is 8. The largest absolute Gasteiger partial charge is 0.479 e. The number of methoxy groups -OCH3 is 1. The lowest BCUT2D eigenvalue weighted by atomic mass is 9.84. The quantitative estimate of drug-likeness (QED) is 0.528. The summed E-state index contributed by atoms with van der Waals surface area (Å²) < 4.78 is 29.4. The molecule has 0 aliphatic heterocycles. The molecule has 0 aliphatic rings. The topological polar surface area (TPSA) is 117 Å². The van der Waals surface area contributed by atoms with E-state index in [1.165, 1.54) is 7.11 Å². The second-order valence-electron chi connectivity index (χ2n) is 6.76. The van der Waals surface area contributed by atoms with Crippen molar-refractivity contribution >= 4 is 17.8 Å². The van der Waals surface area contributed by atoms with E-state index < -0.39 is 35.2 Å². The van der Waals surface area contributed by atoms with Crippen molar-refractivity contribution in [1.29, 1.82) is 0 Å². The summed E-state index contributed by atoms with van der Waals surface area (Å²) in [5.41, 5.74) is -3.05. The highest BCUT2D eigenvalue weighted by Gasteiger charge is 2.52. The van der Waals surface area contributed by atoms with Crippen molar-refractivity contribution in [2.24, 2.45) is 0 Å². The molecule has 1 N–H and O–H groups in total. The summed E-state index contributed by atoms with van der Waals surface area (Å²) in [5.74, 6) is -2.80. The predicted molar refractivity (Wildman–Crippen MR) is 95.3 cm³/mol. The monoisotopic (exact) mass is 386 g/mol. The lowest BCUT2D eigenvalue weighted by Gasteiger charge is -2.30. The third-order valence-corrected chi connectivity index (χ3v) is 3.50. The van der Waals surface area contributed by atoms with E-state index in [4.69, 9.17) is 20.1 Å². The summed E-state index contributed by atoms with van der Waals surface area (Å²) in [4.78, 5) is 37.6. The van der Waals surface area contributed by atoms with Crippen LogP contribution < -0.4 is 10.1 Å². The number of ether oxygens (including phenoxy) is 3. The van der Waals surface area contributed by atoms with Crippen LogP contribution in [0.3, 0.4) is 0 Å². The van der Waals surface area contributed by atoms with E-state index in [0.29, 0.717) is 0 Å². The number of amides is 1. The Labute approximate surface area is 160 Å². The number of esters is 2. The summed E-state index contributed by atoms with van der Waals surface area (Å²) in [5, 5.41) is 6.07. The van der Waals surface area contributed by atoms with Crippen LogP contribution in [-0.2, 0) is 35.7 Å². The van der Waals surface area contributed by atoms with E-state index >= 15 is 0 Å². The molecule has 1 aromatic rings. The highest BCUT2D eigenvalue weighted by Crippen LogP contribution is 2.35. The van der Waals surface area contributed by atoms with E-state index in [-0.39, 0.29) is 30.4 Å². The summed E-state index contributed by atoms with van der Waals surface area (Å²) >= 11 is 0. The number of aromatic nitrogens is 1. The molecule has 27 heavy (non-hydrogen) atoms. The van der Waals surface area contributed by atoms with Gasteiger partial charge in [-0.2, -0.15) is 0 Å². The van der Waals surface area contributed by atoms with Crippen LogP contribution in [0.1, 0.15) is 54.2 Å². The molecule has 0 saturated heterocycles. The molecule has 1 atom stereocenters. The zero-order valence-electron chi connectivity index (χ0n) is 17.8. The van der Waals surface area contributed by atoms with Gasteiger partial charge < -0.3 is 24.1 Å². The molecule has 1 amide bonds. The first-order valence-corrected chi connectivity index (χ1v) is 8.56. The third kappa shape index (κ3) is 4.99. The minimum Gasteiger partial charge on any atom is -0.479 e. The SMILES string of the molecule is [3H]C(c1c(OC)noc1C(C)(C)C)C(NC(C)=O)(C(=O)OCC)C(=O)OCC. The predicted octanol–water partition coefficient (Wildman–Crippen LogP) is 1.52. The van der Waals surface area contributed by atoms with Crippen molar-refractivity contribution in [2.75, 3.05) is 20.3 Å². The van der Waals surface area contributed by atoms with E-state index in [9.17, 15) is 14.4 Å². The van der Waals surface area contributed by atoms with Crippen LogP contribution in [0.5, 0.6) is 5.88 Å². The fraction of sp³-hybridized carbons (Fsp3) is 0.667. The van der Waals surface area contributed by atoms with Gasteiger partial charge in [-0.3, -0.25) is 4.79 Å². The van der Waals surface area contributed by atoms with Gasteiger partial charge >= 0.3 is 11.9 Å². The Kier molecular flexibility index (Phi) is 6.81. The molecule has 0 radical (unpaired) electrons. The summed E-state index contributed by atoms with van der Waals surface area (Å²) in [6.45, 7) is 9.48. The molecular formula is C18H28N2O7. The van der Waals surface area contributed by atoms with Crippen molar-refractivity contribution in [2.45, 2.75) is 58.9 Å². The molecule has 1 unspecified atom stereocenters. The zero-order valence-corrected chi connectivity index (χ0v) is 16.8. The van der Waals surface area contributed by atoms with E-state index in [1.54, 1.807) is 34.6 Å². The van der Waals surface area contributed by atoms with Crippen LogP contribution in [0.15, 0.2) is 4.52 Å². The molecule has 0 bridgehead atoms. The lowest BCUT2D eigenvalue weighted by molar-refractivity contribution is -0.168. The Morgan fingerprint density at radius 1 is 1.15 bits per heavy atom. The molecule has 0 saturated carbocycles. The van der Waals surface area contributed by atoms with Gasteiger partial charge in [-0.1, -0.05) is 20.8 Å². The van der Waals surface area contributed by atoms with Crippen LogP contribution in [0.4, 0.5) is 0 Å². The van der Waals surface area contributed by atoms with E-state index in [0.717, 1.165) is 6.92 Å². The van der Waals surface area contributed by atoms with Crippen LogP contribution in [0.2, 0.25) is 0 Å². The third-order valence-electron chi connectivity index (χ3n) is 3.50. The summed E-state index contributed by atoms with van der Waals surface area (Å²) in [7, 11) is 1.31. The van der Waals surface area contributed by atoms with Crippen molar-refractivity contribution in [3.63, 3.8) is 0 Å². The Bertz CT molecular complexity index is 706. The molecule has 0 aliphatic carbocycles. The molecule has 0 spiro atoms. The average Bonchev–Trinajstić information content (AvgIpc) is 3.03. The Balaban J connectivity index is 3.78. The van der Waals surface area contributed by atoms with Gasteiger partial charge in [-0.15, -0.1) is 0 Å². The van der Waals surface area contributed by atoms with Gasteiger partial charge in [0.05, 0.1) is 25.9 Å². The highest BCUT2D eigenvalue weighted by molar-refractivity contribution is 6.08. The molecule has 152 valence electrons. The second-order valence-corrected chi connectivity index (χ2v) is 6.76. The molecule has 1 rings (SSSR count). The maximum atomic E-state index is 12.9. The first-order chi connectivity index (χ1) is 13.0. The first-order valence-electron chi connectivity index (χ1n) is 9.14. The highest BCUT2D eigenvalue weighted by atomic mass is 16.6. The Morgan fingerprint density at radius 2 is 1.67 bits per heavy atom. The Morgan fingerprint density at radius 3 is 2.04 bits per heavy atom. The molecule has 1 heterocycles. The van der Waals surface area contributed by atoms with Gasteiger partial charge in [0.1, 0.15) is 5.76 Å². The number of nitrogens with one attached hydrogen (secondary N) is 1. The van der Waals surface area contributed by atoms with Gasteiger partial charge in [-0.05, 0) is 19.0 Å². The Hall–Kier alpha value is -2.58. The second kappa shape index (κ2) is 8.88. The van der Waals surface area contributed by atoms with Crippen LogP contribution in [-0.4, -0.2) is 48.9 Å². The maximum Gasteiger partial charge on any atom is 0.344 e. The average molecular weight is 386 g/mol. The molecule has 9 nitrogen and oxygen atoms in total. The van der Waals surface area contributed by atoms with Crippen molar-refractivity contribution in [1.82, 2.24) is 10.5 Å². The fourth-order valence-corrected chi connectivity index (χ4v) is 2.42. The van der Waals surface area contributed by atoms with Gasteiger partial charge in [0.15, 0.2) is 0 Å². The number of rotatable bonds is 8. The van der Waals surface area contributed by atoms with Crippen LogP contribution in [0, 0.1) is 0 Å². The van der Waals surface area contributed by atoms with E-state index in [1.807, 2.05) is 0 Å². The normalized spacial score (nSPS) is 13.4. The van der Waals surface area contributed by atoms with E-state index in [2.05, 4.69) is 10.5 Å². The zero-order chi connectivity index (χ0) is 21.7. The molecule has 1 aromatic heterocycles. The van der Waals surface area contributed by atoms with Gasteiger partial charge in [-0.25, -0.2) is 9.59 Å². The summed E-state index contributed by atoms with van der Waals surface area (Å²) in [6, 6.07) is 0. The van der Waals surface area contributed by atoms with Crippen LogP contribution >= 0.6 is 0 Å². The standard InChI is InChI=1S/C18H28N2O7/c1-8-25-15(22)18(19-11(3)21,16(23)26-9-2)10-12-13(17(4,5)6)27-20-14(12)24-7/h8-10H2,1-7H3,(H,19,21)/i10T. The molecule has 0 aromatic carbocycles. The van der Waals surface area contributed by atoms with Crippen molar-refractivity contribution in [3.8, 4) is 5.88 Å². The maximum absolute atomic E-state index is 12.9. The van der Waals surface area contributed by atoms with Crippen molar-refractivity contribution < 1.29 is 34.5 Å². The molecule has 0 fully saturated rings. The lowest BCUT2D eigenvalue weighted by Crippen LogP contribution is -2.62. The minimum absolute atomic E-state index is 0.0462. The van der Waals surface area contributed by atoms with Gasteiger partial charge in [0, 0.05) is 20.1 Å². The molecule has 9 heteroatoms. The number of nitrogens with zero attached hydrogens (tertiary/aromatic N) is 1. The number of carbonyl (C=O) groups excluding carboxylic acids is 3. The fourth-order valence-electron chi connectivity index (χ4n) is 2.42. The first kappa shape index (κ1) is 20.7.